The maximum atomic E-state index is 11.9. The molecule has 2 N–H and O–H groups in total. The van der Waals surface area contributed by atoms with Gasteiger partial charge in [0.1, 0.15) is 12.4 Å². The highest BCUT2D eigenvalue weighted by atomic mass is 16.2. The Kier molecular flexibility index (Phi) is 3.20. The number of hydrogen-bond acceptors (Lipinski definition) is 3. The molecule has 0 aliphatic heterocycles. The van der Waals surface area contributed by atoms with Crippen molar-refractivity contribution in [3.8, 4) is 0 Å². The second-order valence-corrected chi connectivity index (χ2v) is 4.66. The summed E-state index contributed by atoms with van der Waals surface area (Å²) in [6, 6.07) is 7.63. The van der Waals surface area contributed by atoms with Crippen LogP contribution in [0.5, 0.6) is 0 Å². The molecule has 0 bridgehead atoms. The average Bonchev–Trinajstić information content (AvgIpc) is 3.06. The Hall–Kier alpha value is -2.63. The van der Waals surface area contributed by atoms with Crippen molar-refractivity contribution in [2.24, 2.45) is 0 Å². The molecule has 6 heteroatoms. The van der Waals surface area contributed by atoms with Crippen LogP contribution in [0.2, 0.25) is 0 Å². The normalized spacial score (nSPS) is 12.4. The van der Waals surface area contributed by atoms with Crippen LogP contribution >= 0.6 is 0 Å². The summed E-state index contributed by atoms with van der Waals surface area (Å²) in [5.41, 5.74) is 1.87. The fourth-order valence-corrected chi connectivity index (χ4v) is 2.08. The zero-order valence-corrected chi connectivity index (χ0v) is 11.1. The molecule has 0 saturated heterocycles. The smallest absolute Gasteiger partial charge is 0.240 e. The van der Waals surface area contributed by atoms with Gasteiger partial charge in [-0.05, 0) is 19.1 Å². The third kappa shape index (κ3) is 2.54. The Morgan fingerprint density at radius 2 is 2.30 bits per heavy atom. The van der Waals surface area contributed by atoms with E-state index < -0.39 is 0 Å². The predicted molar refractivity (Wildman–Crippen MR) is 74.9 cm³/mol. The highest BCUT2D eigenvalue weighted by Gasteiger charge is 2.13. The molecule has 0 radical (unpaired) electrons. The summed E-state index contributed by atoms with van der Waals surface area (Å²) in [4.78, 5) is 23.5. The molecule has 1 aromatic carbocycles. The van der Waals surface area contributed by atoms with Gasteiger partial charge in [0, 0.05) is 12.4 Å². The van der Waals surface area contributed by atoms with E-state index in [1.165, 1.54) is 0 Å². The van der Waals surface area contributed by atoms with Gasteiger partial charge >= 0.3 is 0 Å². The molecule has 0 saturated carbocycles. The molecule has 1 amide bonds. The summed E-state index contributed by atoms with van der Waals surface area (Å²) in [5.74, 6) is 0.682. The minimum absolute atomic E-state index is 0.0732. The summed E-state index contributed by atoms with van der Waals surface area (Å²) >= 11 is 0. The van der Waals surface area contributed by atoms with Gasteiger partial charge in [0.2, 0.25) is 5.91 Å². The number of carbonyl (C=O) groups is 1. The van der Waals surface area contributed by atoms with E-state index >= 15 is 0 Å². The van der Waals surface area contributed by atoms with E-state index in [4.69, 9.17) is 0 Å². The van der Waals surface area contributed by atoms with Crippen LogP contribution in [0.3, 0.4) is 0 Å². The monoisotopic (exact) mass is 269 g/mol. The van der Waals surface area contributed by atoms with Crippen molar-refractivity contribution in [3.63, 3.8) is 0 Å². The second kappa shape index (κ2) is 5.16. The number of amides is 1. The van der Waals surface area contributed by atoms with E-state index in [0.717, 1.165) is 16.9 Å². The number of benzene rings is 1. The molecule has 6 nitrogen and oxygen atoms in total. The van der Waals surface area contributed by atoms with E-state index in [2.05, 4.69) is 20.3 Å². The van der Waals surface area contributed by atoms with Gasteiger partial charge in [-0.25, -0.2) is 9.97 Å². The van der Waals surface area contributed by atoms with Crippen molar-refractivity contribution < 1.29 is 4.79 Å². The number of H-pyrrole nitrogens is 1. The Bertz CT molecular complexity index is 683. The third-order valence-electron chi connectivity index (χ3n) is 3.08. The standard InChI is InChI=1S/C14H15N5O/c1-10(16-13(20)8-19-7-6-15-9-19)14-17-11-4-2-3-5-12(11)18-14/h2-7,9-10H,8H2,1H3,(H,16,20)(H,17,18)/t10-/m0/s1. The Morgan fingerprint density at radius 3 is 3.05 bits per heavy atom. The summed E-state index contributed by atoms with van der Waals surface area (Å²) < 4.78 is 1.72. The molecule has 3 aromatic rings. The van der Waals surface area contributed by atoms with Crippen LogP contribution in [-0.2, 0) is 11.3 Å². The first-order chi connectivity index (χ1) is 9.72. The second-order valence-electron chi connectivity index (χ2n) is 4.66. The van der Waals surface area contributed by atoms with E-state index in [9.17, 15) is 4.79 Å². The summed E-state index contributed by atoms with van der Waals surface area (Å²) in [6.45, 7) is 2.16. The topological polar surface area (TPSA) is 75.6 Å². The van der Waals surface area contributed by atoms with Crippen LogP contribution in [0.25, 0.3) is 11.0 Å². The number of aromatic amines is 1. The van der Waals surface area contributed by atoms with Crippen LogP contribution in [0.1, 0.15) is 18.8 Å². The minimum atomic E-state index is -0.168. The van der Waals surface area contributed by atoms with E-state index in [0.29, 0.717) is 0 Å². The molecule has 20 heavy (non-hydrogen) atoms. The Labute approximate surface area is 115 Å². The maximum Gasteiger partial charge on any atom is 0.240 e. The van der Waals surface area contributed by atoms with Crippen molar-refractivity contribution in [3.05, 3.63) is 48.8 Å². The highest BCUT2D eigenvalue weighted by Crippen LogP contribution is 2.15. The van der Waals surface area contributed by atoms with Crippen molar-refractivity contribution in [1.29, 1.82) is 0 Å². The lowest BCUT2D eigenvalue weighted by molar-refractivity contribution is -0.122. The SMILES string of the molecule is C[C@H](NC(=O)Cn1ccnc1)c1nc2ccccc2[nH]1. The number of aromatic nitrogens is 4. The van der Waals surface area contributed by atoms with Crippen LogP contribution in [0.4, 0.5) is 0 Å². The molecule has 0 unspecified atom stereocenters. The molecule has 1 atom stereocenters. The molecule has 0 fully saturated rings. The van der Waals surface area contributed by atoms with Gasteiger partial charge in [-0.2, -0.15) is 0 Å². The number of imidazole rings is 2. The first kappa shape index (κ1) is 12.4. The van der Waals surface area contributed by atoms with E-state index in [1.54, 1.807) is 23.3 Å². The van der Waals surface area contributed by atoms with Gasteiger partial charge < -0.3 is 14.9 Å². The fourth-order valence-electron chi connectivity index (χ4n) is 2.08. The van der Waals surface area contributed by atoms with Crippen LogP contribution in [0.15, 0.2) is 43.0 Å². The molecular formula is C14H15N5O. The van der Waals surface area contributed by atoms with E-state index in [1.807, 2.05) is 31.2 Å². The van der Waals surface area contributed by atoms with Crippen LogP contribution < -0.4 is 5.32 Å². The third-order valence-corrected chi connectivity index (χ3v) is 3.08. The van der Waals surface area contributed by atoms with Gasteiger partial charge in [0.15, 0.2) is 0 Å². The lowest BCUT2D eigenvalue weighted by atomic mass is 10.3. The van der Waals surface area contributed by atoms with Crippen LogP contribution in [-0.4, -0.2) is 25.4 Å². The van der Waals surface area contributed by atoms with Gasteiger partial charge in [-0.15, -0.1) is 0 Å². The van der Waals surface area contributed by atoms with Crippen molar-refractivity contribution >= 4 is 16.9 Å². The lowest BCUT2D eigenvalue weighted by Gasteiger charge is -2.11. The van der Waals surface area contributed by atoms with Gasteiger partial charge in [-0.3, -0.25) is 4.79 Å². The summed E-state index contributed by atoms with van der Waals surface area (Å²) in [5, 5.41) is 2.91. The Morgan fingerprint density at radius 1 is 1.45 bits per heavy atom. The number of carbonyl (C=O) groups excluding carboxylic acids is 1. The first-order valence-electron chi connectivity index (χ1n) is 6.42. The molecular weight excluding hydrogens is 254 g/mol. The number of rotatable bonds is 4. The Balaban J connectivity index is 1.69. The maximum absolute atomic E-state index is 11.9. The van der Waals surface area contributed by atoms with Gasteiger partial charge in [-0.1, -0.05) is 12.1 Å². The largest absolute Gasteiger partial charge is 0.345 e. The lowest BCUT2D eigenvalue weighted by Crippen LogP contribution is -2.30. The highest BCUT2D eigenvalue weighted by molar-refractivity contribution is 5.77. The van der Waals surface area contributed by atoms with Crippen molar-refractivity contribution in [2.45, 2.75) is 19.5 Å². The molecule has 0 aliphatic rings. The average molecular weight is 269 g/mol. The van der Waals surface area contributed by atoms with Gasteiger partial charge in [0.25, 0.3) is 0 Å². The number of fused-ring (bicyclic) bond motifs is 1. The molecule has 0 spiro atoms. The molecule has 3 rings (SSSR count). The van der Waals surface area contributed by atoms with E-state index in [-0.39, 0.29) is 18.5 Å². The van der Waals surface area contributed by atoms with Crippen LogP contribution in [0, 0.1) is 0 Å². The molecule has 2 aromatic heterocycles. The zero-order valence-electron chi connectivity index (χ0n) is 11.1. The quantitative estimate of drug-likeness (QED) is 0.756. The van der Waals surface area contributed by atoms with Crippen molar-refractivity contribution in [1.82, 2.24) is 24.8 Å². The molecule has 0 aliphatic carbocycles. The number of nitrogens with one attached hydrogen (secondary N) is 2. The van der Waals surface area contributed by atoms with Crippen molar-refractivity contribution in [2.75, 3.05) is 0 Å². The fraction of sp³-hybridized carbons (Fsp3) is 0.214. The summed E-state index contributed by atoms with van der Waals surface area (Å²) in [7, 11) is 0. The zero-order chi connectivity index (χ0) is 13.9. The molecule has 2 heterocycles. The number of hydrogen-bond donors (Lipinski definition) is 2. The number of nitrogens with zero attached hydrogens (tertiary/aromatic N) is 3. The first-order valence-corrected chi connectivity index (χ1v) is 6.42. The predicted octanol–water partition coefficient (Wildman–Crippen LogP) is 1.64. The minimum Gasteiger partial charge on any atom is -0.345 e. The molecule has 102 valence electrons. The summed E-state index contributed by atoms with van der Waals surface area (Å²) in [6.07, 6.45) is 5.02. The number of para-hydroxylation sites is 2. The van der Waals surface area contributed by atoms with Gasteiger partial charge in [0.05, 0.1) is 23.4 Å².